The largest absolute Gasteiger partial charge is 0.451 e. The zero-order valence-corrected chi connectivity index (χ0v) is 15.5. The summed E-state index contributed by atoms with van der Waals surface area (Å²) in [5.41, 5.74) is 6.13. The summed E-state index contributed by atoms with van der Waals surface area (Å²) in [6.45, 7) is 3.90. The third-order valence-corrected chi connectivity index (χ3v) is 7.35. The van der Waals surface area contributed by atoms with Crippen molar-refractivity contribution in [2.24, 2.45) is 17.6 Å². The van der Waals surface area contributed by atoms with E-state index in [1.165, 1.54) is 4.31 Å². The molecule has 5 N–H and O–H groups in total. The summed E-state index contributed by atoms with van der Waals surface area (Å²) >= 11 is 0. The maximum absolute atomic E-state index is 12.9. The monoisotopic (exact) mass is 362 g/mol. The molecule has 0 aromatic carbocycles. The van der Waals surface area contributed by atoms with Crippen LogP contribution in [0.15, 0.2) is 0 Å². The van der Waals surface area contributed by atoms with Gasteiger partial charge in [-0.15, -0.1) is 0 Å². The number of hydrogen-bond acceptors (Lipinski definition) is 6. The van der Waals surface area contributed by atoms with Crippen LogP contribution in [0.5, 0.6) is 0 Å². The Balaban J connectivity index is 1.95. The SMILES string of the molecule is CC[C@@H]1CN(S(=O)(=O)N2C[C@H](CCCB(O)O)[C@@H](N)C2)C[C@@H]1NC. The fourth-order valence-corrected chi connectivity index (χ4v) is 5.63. The van der Waals surface area contributed by atoms with Gasteiger partial charge < -0.3 is 21.1 Å². The van der Waals surface area contributed by atoms with E-state index in [1.54, 1.807) is 4.31 Å². The summed E-state index contributed by atoms with van der Waals surface area (Å²) in [6, 6.07) is 0.00294. The molecule has 2 saturated heterocycles. The number of hydrogen-bond donors (Lipinski definition) is 4. The summed E-state index contributed by atoms with van der Waals surface area (Å²) in [5.74, 6) is 0.408. The molecule has 2 aliphatic rings. The van der Waals surface area contributed by atoms with Crippen LogP contribution in [0.3, 0.4) is 0 Å². The normalized spacial score (nSPS) is 32.5. The fourth-order valence-electron chi connectivity index (χ4n) is 3.84. The molecular formula is C14H31BN4O4S. The maximum Gasteiger partial charge on any atom is 0.451 e. The summed E-state index contributed by atoms with van der Waals surface area (Å²) in [5, 5.41) is 21.1. The lowest BCUT2D eigenvalue weighted by Crippen LogP contribution is -2.43. The van der Waals surface area contributed by atoms with Crippen molar-refractivity contribution in [3.05, 3.63) is 0 Å². The molecule has 0 aromatic heterocycles. The quantitative estimate of drug-likeness (QED) is 0.398. The first-order chi connectivity index (χ1) is 11.3. The van der Waals surface area contributed by atoms with Crippen LogP contribution >= 0.6 is 0 Å². The van der Waals surface area contributed by atoms with E-state index in [1.807, 2.05) is 7.05 Å². The first kappa shape index (κ1) is 20.1. The molecule has 140 valence electrons. The molecule has 0 aliphatic carbocycles. The highest BCUT2D eigenvalue weighted by Gasteiger charge is 2.43. The molecule has 0 spiro atoms. The molecule has 8 nitrogen and oxygen atoms in total. The number of nitrogens with one attached hydrogen (secondary N) is 1. The van der Waals surface area contributed by atoms with E-state index in [4.69, 9.17) is 15.8 Å². The van der Waals surface area contributed by atoms with Gasteiger partial charge in [0.05, 0.1) is 0 Å². The second kappa shape index (κ2) is 8.44. The molecule has 0 bridgehead atoms. The molecule has 4 atom stereocenters. The van der Waals surface area contributed by atoms with Gasteiger partial charge in [-0.25, -0.2) is 0 Å². The van der Waals surface area contributed by atoms with Gasteiger partial charge in [0.15, 0.2) is 0 Å². The standard InChI is InChI=1S/C14H31BN4O4S/c1-3-11-7-19(10-14(11)17-2)24(22,23)18-8-12(13(16)9-18)5-4-6-15(20)21/h11-14,17,20-21H,3-10,16H2,1-2H3/t11-,12+,13+,14+/m1/s1. The highest BCUT2D eigenvalue weighted by Crippen LogP contribution is 2.29. The van der Waals surface area contributed by atoms with Gasteiger partial charge in [0.2, 0.25) is 0 Å². The average Bonchev–Trinajstić information content (AvgIpc) is 3.11. The minimum atomic E-state index is -3.48. The van der Waals surface area contributed by atoms with E-state index in [2.05, 4.69) is 12.2 Å². The molecule has 2 aliphatic heterocycles. The summed E-state index contributed by atoms with van der Waals surface area (Å²) < 4.78 is 28.9. The fraction of sp³-hybridized carbons (Fsp3) is 1.00. The van der Waals surface area contributed by atoms with Gasteiger partial charge in [0, 0.05) is 38.3 Å². The molecule has 24 heavy (non-hydrogen) atoms. The van der Waals surface area contributed by atoms with E-state index in [0.29, 0.717) is 51.3 Å². The van der Waals surface area contributed by atoms with Crippen molar-refractivity contribution in [3.63, 3.8) is 0 Å². The van der Waals surface area contributed by atoms with Gasteiger partial charge >= 0.3 is 7.12 Å². The van der Waals surface area contributed by atoms with Crippen LogP contribution in [-0.2, 0) is 10.2 Å². The number of nitrogens with zero attached hydrogens (tertiary/aromatic N) is 2. The average molecular weight is 362 g/mol. The Hall–Kier alpha value is -0.225. The van der Waals surface area contributed by atoms with Crippen molar-refractivity contribution in [2.75, 3.05) is 33.2 Å². The third-order valence-electron chi connectivity index (χ3n) is 5.45. The number of likely N-dealkylation sites (N-methyl/N-ethyl adjacent to an activating group) is 1. The van der Waals surface area contributed by atoms with Gasteiger partial charge in [-0.3, -0.25) is 0 Å². The van der Waals surface area contributed by atoms with Crippen LogP contribution in [0.1, 0.15) is 26.2 Å². The van der Waals surface area contributed by atoms with Gasteiger partial charge in [0.1, 0.15) is 0 Å². The summed E-state index contributed by atoms with van der Waals surface area (Å²) in [4.78, 5) is 0. The second-order valence-electron chi connectivity index (χ2n) is 7.04. The maximum atomic E-state index is 12.9. The van der Waals surface area contributed by atoms with Gasteiger partial charge in [-0.1, -0.05) is 19.8 Å². The molecule has 10 heteroatoms. The minimum Gasteiger partial charge on any atom is -0.427 e. The Morgan fingerprint density at radius 1 is 1.17 bits per heavy atom. The Morgan fingerprint density at radius 3 is 2.33 bits per heavy atom. The summed E-state index contributed by atoms with van der Waals surface area (Å²) in [7, 11) is -2.92. The molecule has 0 radical (unpaired) electrons. The molecule has 0 unspecified atom stereocenters. The van der Waals surface area contributed by atoms with Crippen molar-refractivity contribution in [3.8, 4) is 0 Å². The Morgan fingerprint density at radius 2 is 1.79 bits per heavy atom. The van der Waals surface area contributed by atoms with Crippen LogP contribution in [-0.4, -0.2) is 79.5 Å². The van der Waals surface area contributed by atoms with Crippen LogP contribution in [0.25, 0.3) is 0 Å². The van der Waals surface area contributed by atoms with Crippen LogP contribution in [0.2, 0.25) is 6.32 Å². The predicted molar refractivity (Wildman–Crippen MR) is 94.4 cm³/mol. The van der Waals surface area contributed by atoms with E-state index in [-0.39, 0.29) is 18.0 Å². The molecule has 0 saturated carbocycles. The molecule has 2 heterocycles. The first-order valence-corrected chi connectivity index (χ1v) is 10.2. The first-order valence-electron chi connectivity index (χ1n) is 8.83. The van der Waals surface area contributed by atoms with Gasteiger partial charge in [0.25, 0.3) is 10.2 Å². The zero-order valence-electron chi connectivity index (χ0n) is 14.6. The lowest BCUT2D eigenvalue weighted by molar-refractivity contribution is 0.373. The van der Waals surface area contributed by atoms with Gasteiger partial charge in [-0.05, 0) is 31.6 Å². The molecule has 2 rings (SSSR count). The van der Waals surface area contributed by atoms with E-state index in [9.17, 15) is 8.42 Å². The smallest absolute Gasteiger partial charge is 0.427 e. The van der Waals surface area contributed by atoms with Crippen molar-refractivity contribution in [1.82, 2.24) is 13.9 Å². The van der Waals surface area contributed by atoms with Crippen molar-refractivity contribution in [1.29, 1.82) is 0 Å². The van der Waals surface area contributed by atoms with Crippen molar-refractivity contribution < 1.29 is 18.5 Å². The Bertz CT molecular complexity index is 495. The second-order valence-corrected chi connectivity index (χ2v) is 8.97. The zero-order chi connectivity index (χ0) is 17.9. The minimum absolute atomic E-state index is 0.0724. The van der Waals surface area contributed by atoms with Crippen LogP contribution in [0.4, 0.5) is 0 Å². The molecule has 2 fully saturated rings. The topological polar surface area (TPSA) is 119 Å². The summed E-state index contributed by atoms with van der Waals surface area (Å²) in [6.07, 6.45) is 2.59. The number of rotatable bonds is 8. The van der Waals surface area contributed by atoms with Gasteiger partial charge in [-0.2, -0.15) is 17.0 Å². The molecule has 0 aromatic rings. The Kier molecular flexibility index (Phi) is 7.06. The third kappa shape index (κ3) is 4.49. The lowest BCUT2D eigenvalue weighted by atomic mass is 9.82. The van der Waals surface area contributed by atoms with Crippen LogP contribution in [0, 0.1) is 11.8 Å². The predicted octanol–water partition coefficient (Wildman–Crippen LogP) is -1.33. The van der Waals surface area contributed by atoms with E-state index >= 15 is 0 Å². The van der Waals surface area contributed by atoms with E-state index < -0.39 is 17.3 Å². The Labute approximate surface area is 145 Å². The number of nitrogens with two attached hydrogens (primary N) is 1. The molecule has 0 amide bonds. The highest BCUT2D eigenvalue weighted by molar-refractivity contribution is 7.86. The van der Waals surface area contributed by atoms with Crippen molar-refractivity contribution in [2.45, 2.75) is 44.6 Å². The highest BCUT2D eigenvalue weighted by atomic mass is 32.2. The molecular weight excluding hydrogens is 331 g/mol. The van der Waals surface area contributed by atoms with Crippen LogP contribution < -0.4 is 11.1 Å². The lowest BCUT2D eigenvalue weighted by Gasteiger charge is -2.24. The van der Waals surface area contributed by atoms with E-state index in [0.717, 1.165) is 6.42 Å². The van der Waals surface area contributed by atoms with Crippen molar-refractivity contribution >= 4 is 17.3 Å².